The highest BCUT2D eigenvalue weighted by molar-refractivity contribution is 7.80. The lowest BCUT2D eigenvalue weighted by Crippen LogP contribution is -2.33. The van der Waals surface area contributed by atoms with Crippen LogP contribution in [0.4, 0.5) is 0 Å². The lowest BCUT2D eigenvalue weighted by molar-refractivity contribution is 0.183. The van der Waals surface area contributed by atoms with Crippen LogP contribution in [0.3, 0.4) is 0 Å². The van der Waals surface area contributed by atoms with E-state index in [-0.39, 0.29) is 0 Å². The first kappa shape index (κ1) is 14.3. The number of piperidine rings is 1. The Bertz CT molecular complexity index is 442. The van der Waals surface area contributed by atoms with Gasteiger partial charge in [0.15, 0.2) is 0 Å². The Kier molecular flexibility index (Phi) is 5.16. The van der Waals surface area contributed by atoms with Crippen molar-refractivity contribution in [2.75, 3.05) is 26.2 Å². The van der Waals surface area contributed by atoms with Crippen molar-refractivity contribution in [2.24, 2.45) is 5.73 Å². The molecule has 19 heavy (non-hydrogen) atoms. The number of hydrogen-bond acceptors (Lipinski definition) is 3. The molecule has 0 atom stereocenters. The van der Waals surface area contributed by atoms with Gasteiger partial charge in [-0.1, -0.05) is 30.3 Å². The topological polar surface area (TPSA) is 38.5 Å². The molecule has 1 aliphatic heterocycles. The monoisotopic (exact) mass is 278 g/mol. The van der Waals surface area contributed by atoms with Gasteiger partial charge < -0.3 is 10.5 Å². The average Bonchev–Trinajstić information content (AvgIpc) is 2.41. The molecule has 3 nitrogen and oxygen atoms in total. The van der Waals surface area contributed by atoms with Gasteiger partial charge in [-0.2, -0.15) is 0 Å². The van der Waals surface area contributed by atoms with Crippen molar-refractivity contribution in [1.29, 1.82) is 0 Å². The van der Waals surface area contributed by atoms with Crippen molar-refractivity contribution in [3.8, 4) is 5.75 Å². The maximum absolute atomic E-state index is 5.85. The second kappa shape index (κ2) is 6.87. The van der Waals surface area contributed by atoms with Gasteiger partial charge in [-0.3, -0.25) is 4.90 Å². The first-order valence-corrected chi connectivity index (χ1v) is 7.33. The Morgan fingerprint density at radius 2 is 2.05 bits per heavy atom. The number of hydrogen-bond donors (Lipinski definition) is 1. The van der Waals surface area contributed by atoms with Crippen molar-refractivity contribution in [2.45, 2.75) is 26.2 Å². The zero-order valence-electron chi connectivity index (χ0n) is 11.5. The number of likely N-dealkylation sites (tertiary alicyclic amines) is 1. The highest BCUT2D eigenvalue weighted by Gasteiger charge is 2.11. The molecule has 0 radical (unpaired) electrons. The van der Waals surface area contributed by atoms with Crippen molar-refractivity contribution in [3.63, 3.8) is 0 Å². The molecule has 1 saturated heterocycles. The Morgan fingerprint density at radius 1 is 1.32 bits per heavy atom. The SMILES string of the molecule is Cc1ccc(OCCN2CCCCC2)c(C(N)=S)c1. The summed E-state index contributed by atoms with van der Waals surface area (Å²) in [6, 6.07) is 5.97. The van der Waals surface area contributed by atoms with Gasteiger partial charge in [-0.15, -0.1) is 0 Å². The van der Waals surface area contributed by atoms with Crippen LogP contribution in [0.1, 0.15) is 30.4 Å². The van der Waals surface area contributed by atoms with E-state index in [4.69, 9.17) is 22.7 Å². The Hall–Kier alpha value is -1.13. The zero-order valence-corrected chi connectivity index (χ0v) is 12.3. The predicted octanol–water partition coefficient (Wildman–Crippen LogP) is 2.49. The van der Waals surface area contributed by atoms with E-state index in [2.05, 4.69) is 4.90 Å². The van der Waals surface area contributed by atoms with Crippen LogP contribution in [-0.2, 0) is 0 Å². The highest BCUT2D eigenvalue weighted by atomic mass is 32.1. The molecule has 1 aromatic rings. The summed E-state index contributed by atoms with van der Waals surface area (Å²) < 4.78 is 5.85. The van der Waals surface area contributed by atoms with E-state index in [1.54, 1.807) is 0 Å². The lowest BCUT2D eigenvalue weighted by atomic mass is 10.1. The van der Waals surface area contributed by atoms with Crippen LogP contribution < -0.4 is 10.5 Å². The van der Waals surface area contributed by atoms with E-state index in [1.165, 1.54) is 32.4 Å². The normalized spacial score (nSPS) is 16.3. The standard InChI is InChI=1S/C15H22N2OS/c1-12-5-6-14(13(11-12)15(16)19)18-10-9-17-7-3-2-4-8-17/h5-6,11H,2-4,7-10H2,1H3,(H2,16,19). The van der Waals surface area contributed by atoms with E-state index in [0.29, 0.717) is 11.6 Å². The van der Waals surface area contributed by atoms with Crippen LogP contribution in [0, 0.1) is 6.92 Å². The number of ether oxygens (including phenoxy) is 1. The number of thiocarbonyl (C=S) groups is 1. The fourth-order valence-electron chi connectivity index (χ4n) is 2.43. The number of nitrogens with two attached hydrogens (primary N) is 1. The number of rotatable bonds is 5. The minimum atomic E-state index is 0.400. The molecule has 2 N–H and O–H groups in total. The number of benzene rings is 1. The second-order valence-electron chi connectivity index (χ2n) is 5.11. The fraction of sp³-hybridized carbons (Fsp3) is 0.533. The average molecular weight is 278 g/mol. The molecule has 0 spiro atoms. The van der Waals surface area contributed by atoms with Gasteiger partial charge in [0.2, 0.25) is 0 Å². The first-order valence-electron chi connectivity index (χ1n) is 6.92. The van der Waals surface area contributed by atoms with Crippen LogP contribution in [0.15, 0.2) is 18.2 Å². The highest BCUT2D eigenvalue weighted by Crippen LogP contribution is 2.20. The molecule has 0 aromatic heterocycles. The molecular formula is C15H22N2OS. The Labute approximate surface area is 120 Å². The van der Waals surface area contributed by atoms with Gasteiger partial charge in [-0.05, 0) is 45.0 Å². The number of aryl methyl sites for hydroxylation is 1. The van der Waals surface area contributed by atoms with Crippen LogP contribution in [0.5, 0.6) is 5.75 Å². The van der Waals surface area contributed by atoms with Gasteiger partial charge >= 0.3 is 0 Å². The van der Waals surface area contributed by atoms with E-state index in [1.807, 2.05) is 25.1 Å². The minimum absolute atomic E-state index is 0.400. The summed E-state index contributed by atoms with van der Waals surface area (Å²) in [5.74, 6) is 0.801. The van der Waals surface area contributed by atoms with Gasteiger partial charge in [-0.25, -0.2) is 0 Å². The Balaban J connectivity index is 1.89. The third-order valence-corrected chi connectivity index (χ3v) is 3.73. The fourth-order valence-corrected chi connectivity index (χ4v) is 2.59. The summed E-state index contributed by atoms with van der Waals surface area (Å²) >= 11 is 5.07. The quantitative estimate of drug-likeness (QED) is 0.840. The molecule has 1 aromatic carbocycles. The van der Waals surface area contributed by atoms with Gasteiger partial charge in [0, 0.05) is 6.54 Å². The van der Waals surface area contributed by atoms with Gasteiger partial charge in [0.25, 0.3) is 0 Å². The zero-order chi connectivity index (χ0) is 13.7. The summed E-state index contributed by atoms with van der Waals surface area (Å²) in [6.07, 6.45) is 3.98. The molecule has 4 heteroatoms. The van der Waals surface area contributed by atoms with E-state index in [9.17, 15) is 0 Å². The maximum atomic E-state index is 5.85. The van der Waals surface area contributed by atoms with E-state index in [0.717, 1.165) is 23.4 Å². The van der Waals surface area contributed by atoms with Crippen LogP contribution >= 0.6 is 12.2 Å². The third kappa shape index (κ3) is 4.18. The molecule has 0 bridgehead atoms. The van der Waals surface area contributed by atoms with Crippen LogP contribution in [-0.4, -0.2) is 36.1 Å². The largest absolute Gasteiger partial charge is 0.492 e. The van der Waals surface area contributed by atoms with Gasteiger partial charge in [0.1, 0.15) is 17.3 Å². The number of nitrogens with zero attached hydrogens (tertiary/aromatic N) is 1. The van der Waals surface area contributed by atoms with Crippen molar-refractivity contribution >= 4 is 17.2 Å². The molecule has 0 unspecified atom stereocenters. The summed E-state index contributed by atoms with van der Waals surface area (Å²) in [7, 11) is 0. The summed E-state index contributed by atoms with van der Waals surface area (Å²) in [5.41, 5.74) is 7.72. The van der Waals surface area contributed by atoms with E-state index < -0.39 is 0 Å². The second-order valence-corrected chi connectivity index (χ2v) is 5.55. The third-order valence-electron chi connectivity index (χ3n) is 3.51. The van der Waals surface area contributed by atoms with Crippen molar-refractivity contribution < 1.29 is 4.74 Å². The summed E-state index contributed by atoms with van der Waals surface area (Å²) in [6.45, 7) is 6.08. The smallest absolute Gasteiger partial charge is 0.129 e. The van der Waals surface area contributed by atoms with Gasteiger partial charge in [0.05, 0.1) is 5.56 Å². The summed E-state index contributed by atoms with van der Waals surface area (Å²) in [5, 5.41) is 0. The minimum Gasteiger partial charge on any atom is -0.492 e. The molecule has 0 saturated carbocycles. The van der Waals surface area contributed by atoms with Crippen molar-refractivity contribution in [3.05, 3.63) is 29.3 Å². The molecule has 0 amide bonds. The maximum Gasteiger partial charge on any atom is 0.129 e. The van der Waals surface area contributed by atoms with Crippen LogP contribution in [0.2, 0.25) is 0 Å². The first-order chi connectivity index (χ1) is 9.16. The Morgan fingerprint density at radius 3 is 2.74 bits per heavy atom. The molecule has 104 valence electrons. The molecule has 0 aliphatic carbocycles. The lowest BCUT2D eigenvalue weighted by Gasteiger charge is -2.26. The summed E-state index contributed by atoms with van der Waals surface area (Å²) in [4.78, 5) is 2.86. The van der Waals surface area contributed by atoms with Crippen molar-refractivity contribution in [1.82, 2.24) is 4.90 Å². The predicted molar refractivity (Wildman–Crippen MR) is 82.9 cm³/mol. The molecule has 1 aliphatic rings. The molecular weight excluding hydrogens is 256 g/mol. The van der Waals surface area contributed by atoms with E-state index >= 15 is 0 Å². The molecule has 2 rings (SSSR count). The molecule has 1 fully saturated rings. The van der Waals surface area contributed by atoms with Crippen LogP contribution in [0.25, 0.3) is 0 Å². The molecule has 1 heterocycles.